The van der Waals surface area contributed by atoms with E-state index < -0.39 is 11.9 Å². The van der Waals surface area contributed by atoms with Crippen molar-refractivity contribution < 1.29 is 13.9 Å². The quantitative estimate of drug-likeness (QED) is 0.487. The molecule has 4 rings (SSSR count). The first-order valence-electron chi connectivity index (χ1n) is 10.5. The molecule has 1 saturated heterocycles. The number of hydrogen-bond donors (Lipinski definition) is 2. The van der Waals surface area contributed by atoms with Gasteiger partial charge in [0.25, 0.3) is 5.91 Å². The first kappa shape index (κ1) is 23.3. The second kappa shape index (κ2) is 9.55. The summed E-state index contributed by atoms with van der Waals surface area (Å²) in [6, 6.07) is 11.6. The van der Waals surface area contributed by atoms with Crippen molar-refractivity contribution in [2.45, 2.75) is 25.5 Å². The molecule has 0 aliphatic carbocycles. The number of aromatic nitrogens is 1. The van der Waals surface area contributed by atoms with Gasteiger partial charge in [0.2, 0.25) is 0 Å². The molecule has 1 fully saturated rings. The molecule has 2 aromatic carbocycles. The van der Waals surface area contributed by atoms with E-state index in [-0.39, 0.29) is 27.8 Å². The zero-order chi connectivity index (χ0) is 23.7. The molecule has 0 bridgehead atoms. The Morgan fingerprint density at radius 2 is 2.03 bits per heavy atom. The first-order valence-corrected chi connectivity index (χ1v) is 11.2. The number of anilines is 1. The average molecular weight is 489 g/mol. The maximum atomic E-state index is 13.9. The number of nitrogens with two attached hydrogens (primary N) is 2. The minimum Gasteiger partial charge on any atom is -0.482 e. The number of carbonyl (C=O) groups is 1. The Balaban J connectivity index is 1.61. The smallest absolute Gasteiger partial charge is 0.253 e. The number of ether oxygens (including phenoxy) is 1. The molecule has 1 aliphatic heterocycles. The first-order chi connectivity index (χ1) is 15.7. The number of benzene rings is 2. The normalized spacial score (nSPS) is 16.6. The van der Waals surface area contributed by atoms with Crippen molar-refractivity contribution >= 4 is 34.9 Å². The number of amides is 1. The van der Waals surface area contributed by atoms with E-state index in [1.807, 2.05) is 12.1 Å². The fourth-order valence-corrected chi connectivity index (χ4v) is 4.54. The molecule has 2 atom stereocenters. The van der Waals surface area contributed by atoms with E-state index in [0.29, 0.717) is 35.5 Å². The summed E-state index contributed by atoms with van der Waals surface area (Å²) in [5, 5.41) is 0.176. The Morgan fingerprint density at radius 1 is 1.24 bits per heavy atom. The van der Waals surface area contributed by atoms with Gasteiger partial charge in [-0.25, -0.2) is 9.37 Å². The van der Waals surface area contributed by atoms with E-state index >= 15 is 0 Å². The van der Waals surface area contributed by atoms with Crippen molar-refractivity contribution in [2.24, 2.45) is 5.73 Å². The van der Waals surface area contributed by atoms with Crippen LogP contribution < -0.4 is 16.2 Å². The lowest BCUT2D eigenvalue weighted by Gasteiger charge is -2.19. The SMILES string of the molecule is CC(Oc1cc(-c2cccc(C(=O)N3CCC(N)C3)c2)cnc1N)c1c(Cl)ccc(F)c1Cl. The van der Waals surface area contributed by atoms with Gasteiger partial charge in [0, 0.05) is 47.0 Å². The number of carbonyl (C=O) groups excluding carboxylic acids is 1. The van der Waals surface area contributed by atoms with Crippen molar-refractivity contribution in [1.82, 2.24) is 9.88 Å². The summed E-state index contributed by atoms with van der Waals surface area (Å²) in [5.41, 5.74) is 14.3. The van der Waals surface area contributed by atoms with E-state index in [0.717, 1.165) is 12.0 Å². The summed E-state index contributed by atoms with van der Waals surface area (Å²) in [4.78, 5) is 18.8. The van der Waals surface area contributed by atoms with Crippen LogP contribution in [0, 0.1) is 5.82 Å². The van der Waals surface area contributed by atoms with Crippen LogP contribution in [0.3, 0.4) is 0 Å². The predicted octanol–water partition coefficient (Wildman–Crippen LogP) is 5.09. The highest BCUT2D eigenvalue weighted by Gasteiger charge is 2.25. The van der Waals surface area contributed by atoms with Gasteiger partial charge in [-0.3, -0.25) is 4.79 Å². The summed E-state index contributed by atoms with van der Waals surface area (Å²) in [7, 11) is 0. The van der Waals surface area contributed by atoms with Gasteiger partial charge in [0.15, 0.2) is 11.6 Å². The van der Waals surface area contributed by atoms with Gasteiger partial charge in [-0.05, 0) is 49.2 Å². The molecule has 0 saturated carbocycles. The van der Waals surface area contributed by atoms with Gasteiger partial charge in [-0.2, -0.15) is 0 Å². The number of pyridine rings is 1. The molecular weight excluding hydrogens is 466 g/mol. The lowest BCUT2D eigenvalue weighted by Crippen LogP contribution is -2.31. The Morgan fingerprint density at radius 3 is 2.76 bits per heavy atom. The number of halogens is 3. The lowest BCUT2D eigenvalue weighted by atomic mass is 10.0. The topological polar surface area (TPSA) is 94.5 Å². The number of rotatable bonds is 5. The van der Waals surface area contributed by atoms with E-state index in [2.05, 4.69) is 4.98 Å². The van der Waals surface area contributed by atoms with Crippen LogP contribution in [-0.4, -0.2) is 34.9 Å². The van der Waals surface area contributed by atoms with E-state index in [9.17, 15) is 9.18 Å². The lowest BCUT2D eigenvalue weighted by molar-refractivity contribution is 0.0791. The van der Waals surface area contributed by atoms with E-state index in [1.54, 1.807) is 36.2 Å². The van der Waals surface area contributed by atoms with Gasteiger partial charge >= 0.3 is 0 Å². The Kier molecular flexibility index (Phi) is 6.74. The summed E-state index contributed by atoms with van der Waals surface area (Å²) < 4.78 is 19.9. The van der Waals surface area contributed by atoms with Crippen LogP contribution in [0.2, 0.25) is 10.0 Å². The average Bonchev–Trinajstić information content (AvgIpc) is 3.24. The Labute approximate surface area is 201 Å². The maximum absolute atomic E-state index is 13.9. The molecule has 6 nitrogen and oxygen atoms in total. The third-order valence-electron chi connectivity index (χ3n) is 5.63. The second-order valence-electron chi connectivity index (χ2n) is 8.01. The zero-order valence-electron chi connectivity index (χ0n) is 17.9. The minimum absolute atomic E-state index is 0.0141. The Hall–Kier alpha value is -2.87. The number of nitrogens with zero attached hydrogens (tertiary/aromatic N) is 2. The van der Waals surface area contributed by atoms with Crippen molar-refractivity contribution in [3.05, 3.63) is 75.7 Å². The fourth-order valence-electron chi connectivity index (χ4n) is 3.86. The van der Waals surface area contributed by atoms with Crippen LogP contribution in [0.15, 0.2) is 48.7 Å². The molecule has 3 aromatic rings. The van der Waals surface area contributed by atoms with E-state index in [1.165, 1.54) is 12.1 Å². The summed E-state index contributed by atoms with van der Waals surface area (Å²) in [6.07, 6.45) is 1.71. The van der Waals surface area contributed by atoms with Crippen molar-refractivity contribution in [3.8, 4) is 16.9 Å². The highest BCUT2D eigenvalue weighted by atomic mass is 35.5. The highest BCUT2D eigenvalue weighted by Crippen LogP contribution is 2.37. The van der Waals surface area contributed by atoms with Crippen LogP contribution >= 0.6 is 23.2 Å². The van der Waals surface area contributed by atoms with Crippen LogP contribution in [-0.2, 0) is 0 Å². The van der Waals surface area contributed by atoms with Crippen LogP contribution in [0.5, 0.6) is 5.75 Å². The predicted molar refractivity (Wildman–Crippen MR) is 128 cm³/mol. The molecule has 2 heterocycles. The third-order valence-corrected chi connectivity index (χ3v) is 6.34. The molecule has 0 radical (unpaired) electrons. The molecule has 1 aliphatic rings. The van der Waals surface area contributed by atoms with Crippen molar-refractivity contribution in [3.63, 3.8) is 0 Å². The van der Waals surface area contributed by atoms with Gasteiger partial charge in [0.1, 0.15) is 11.9 Å². The van der Waals surface area contributed by atoms with Gasteiger partial charge in [-0.15, -0.1) is 0 Å². The molecule has 0 spiro atoms. The molecule has 172 valence electrons. The molecule has 1 aromatic heterocycles. The fraction of sp³-hybridized carbons (Fsp3) is 0.250. The molecule has 33 heavy (non-hydrogen) atoms. The van der Waals surface area contributed by atoms with Crippen LogP contribution in [0.4, 0.5) is 10.2 Å². The van der Waals surface area contributed by atoms with E-state index in [4.69, 9.17) is 39.4 Å². The Bertz CT molecular complexity index is 1210. The summed E-state index contributed by atoms with van der Waals surface area (Å²) >= 11 is 12.3. The van der Waals surface area contributed by atoms with Gasteiger partial charge in [0.05, 0.1) is 5.02 Å². The number of nitrogen functional groups attached to an aromatic ring is 1. The monoisotopic (exact) mass is 488 g/mol. The van der Waals surface area contributed by atoms with Crippen molar-refractivity contribution in [2.75, 3.05) is 18.8 Å². The van der Waals surface area contributed by atoms with Gasteiger partial charge in [-0.1, -0.05) is 35.3 Å². The van der Waals surface area contributed by atoms with Crippen LogP contribution in [0.1, 0.15) is 35.4 Å². The molecule has 9 heteroatoms. The largest absolute Gasteiger partial charge is 0.482 e. The third kappa shape index (κ3) is 4.90. The van der Waals surface area contributed by atoms with Crippen LogP contribution in [0.25, 0.3) is 11.1 Å². The molecule has 2 unspecified atom stereocenters. The standard InChI is InChI=1S/C24H23Cl2FN4O2/c1-13(21-18(25)5-6-19(27)22(21)26)33-20-10-16(11-30-23(20)29)14-3-2-4-15(9-14)24(32)31-8-7-17(28)12-31/h2-6,9-11,13,17H,7-8,12,28H2,1H3,(H2,29,30). The molecular formula is C24H23Cl2FN4O2. The summed E-state index contributed by atoms with van der Waals surface area (Å²) in [5.74, 6) is -0.202. The highest BCUT2D eigenvalue weighted by molar-refractivity contribution is 6.36. The second-order valence-corrected chi connectivity index (χ2v) is 8.79. The van der Waals surface area contributed by atoms with Crippen molar-refractivity contribution in [1.29, 1.82) is 0 Å². The molecule has 1 amide bonds. The zero-order valence-corrected chi connectivity index (χ0v) is 19.4. The minimum atomic E-state index is -0.688. The van der Waals surface area contributed by atoms with Gasteiger partial charge < -0.3 is 21.1 Å². The molecule has 4 N–H and O–H groups in total. The summed E-state index contributed by atoms with van der Waals surface area (Å²) in [6.45, 7) is 2.89. The number of hydrogen-bond acceptors (Lipinski definition) is 5. The number of likely N-dealkylation sites (tertiary alicyclic amines) is 1. The maximum Gasteiger partial charge on any atom is 0.253 e.